The predicted octanol–water partition coefficient (Wildman–Crippen LogP) is 2.75. The van der Waals surface area contributed by atoms with Gasteiger partial charge in [-0.1, -0.05) is 31.5 Å². The van der Waals surface area contributed by atoms with Crippen molar-refractivity contribution >= 4 is 9.84 Å². The fourth-order valence-electron chi connectivity index (χ4n) is 3.16. The minimum atomic E-state index is -2.87. The first kappa shape index (κ1) is 17.1. The molecule has 2 aromatic rings. The van der Waals surface area contributed by atoms with E-state index in [0.29, 0.717) is 18.1 Å². The third-order valence-corrected chi connectivity index (χ3v) is 6.22. The van der Waals surface area contributed by atoms with E-state index in [1.165, 1.54) is 5.56 Å². The Morgan fingerprint density at radius 2 is 1.96 bits per heavy atom. The SMILES string of the molecule is Cc1ccc(-n2nc(CC(C)C)nc2C[C@H]2CCS(=O)(=O)C2)cc1. The average molecular weight is 347 g/mol. The first-order valence-electron chi connectivity index (χ1n) is 8.54. The molecule has 1 atom stereocenters. The molecule has 0 radical (unpaired) electrons. The molecule has 2 heterocycles. The van der Waals surface area contributed by atoms with Gasteiger partial charge in [0.2, 0.25) is 0 Å². The molecule has 0 aliphatic carbocycles. The molecule has 0 amide bonds. The number of benzene rings is 1. The molecule has 130 valence electrons. The van der Waals surface area contributed by atoms with Gasteiger partial charge in [-0.2, -0.15) is 5.10 Å². The van der Waals surface area contributed by atoms with Crippen molar-refractivity contribution < 1.29 is 8.42 Å². The fourth-order valence-corrected chi connectivity index (χ4v) is 5.02. The van der Waals surface area contributed by atoms with Gasteiger partial charge >= 0.3 is 0 Å². The molecule has 24 heavy (non-hydrogen) atoms. The highest BCUT2D eigenvalue weighted by Crippen LogP contribution is 2.23. The van der Waals surface area contributed by atoms with E-state index >= 15 is 0 Å². The number of rotatable bonds is 5. The Kier molecular flexibility index (Phi) is 4.76. The number of hydrogen-bond acceptors (Lipinski definition) is 4. The van der Waals surface area contributed by atoms with Crippen LogP contribution in [-0.4, -0.2) is 34.7 Å². The predicted molar refractivity (Wildman–Crippen MR) is 95.1 cm³/mol. The van der Waals surface area contributed by atoms with E-state index < -0.39 is 9.84 Å². The summed E-state index contributed by atoms with van der Waals surface area (Å²) in [5, 5.41) is 4.68. The molecule has 1 fully saturated rings. The van der Waals surface area contributed by atoms with Gasteiger partial charge in [-0.3, -0.25) is 0 Å². The maximum Gasteiger partial charge on any atom is 0.151 e. The molecule has 0 spiro atoms. The summed E-state index contributed by atoms with van der Waals surface area (Å²) >= 11 is 0. The first-order valence-corrected chi connectivity index (χ1v) is 10.4. The van der Waals surface area contributed by atoms with Crippen molar-refractivity contribution in [2.45, 2.75) is 40.0 Å². The highest BCUT2D eigenvalue weighted by molar-refractivity contribution is 7.91. The first-order chi connectivity index (χ1) is 11.3. The lowest BCUT2D eigenvalue weighted by Crippen LogP contribution is -2.12. The summed E-state index contributed by atoms with van der Waals surface area (Å²) in [5.74, 6) is 2.91. The number of nitrogens with zero attached hydrogens (tertiary/aromatic N) is 3. The van der Waals surface area contributed by atoms with Gasteiger partial charge in [-0.25, -0.2) is 18.1 Å². The summed E-state index contributed by atoms with van der Waals surface area (Å²) in [7, 11) is -2.87. The van der Waals surface area contributed by atoms with Crippen LogP contribution in [0.5, 0.6) is 0 Å². The quantitative estimate of drug-likeness (QED) is 0.834. The molecule has 5 nitrogen and oxygen atoms in total. The summed E-state index contributed by atoms with van der Waals surface area (Å²) in [6.45, 7) is 6.35. The summed E-state index contributed by atoms with van der Waals surface area (Å²) in [6.07, 6.45) is 2.22. The zero-order chi connectivity index (χ0) is 17.3. The molecular formula is C18H25N3O2S. The molecule has 1 aromatic heterocycles. The second-order valence-electron chi connectivity index (χ2n) is 7.26. The summed E-state index contributed by atoms with van der Waals surface area (Å²) in [6, 6.07) is 8.20. The van der Waals surface area contributed by atoms with Gasteiger partial charge in [-0.05, 0) is 37.3 Å². The number of sulfone groups is 1. The lowest BCUT2D eigenvalue weighted by Gasteiger charge is -2.09. The highest BCUT2D eigenvalue weighted by atomic mass is 32.2. The Morgan fingerprint density at radius 1 is 1.25 bits per heavy atom. The second-order valence-corrected chi connectivity index (χ2v) is 9.49. The van der Waals surface area contributed by atoms with Crippen molar-refractivity contribution in [3.8, 4) is 5.69 Å². The van der Waals surface area contributed by atoms with E-state index in [2.05, 4.69) is 38.0 Å². The molecule has 3 rings (SSSR count). The van der Waals surface area contributed by atoms with Gasteiger partial charge in [0.15, 0.2) is 15.7 Å². The van der Waals surface area contributed by atoms with Gasteiger partial charge in [-0.15, -0.1) is 0 Å². The topological polar surface area (TPSA) is 64.8 Å². The lowest BCUT2D eigenvalue weighted by atomic mass is 10.0. The molecule has 0 unspecified atom stereocenters. The van der Waals surface area contributed by atoms with E-state index in [1.54, 1.807) is 0 Å². The van der Waals surface area contributed by atoms with Crippen LogP contribution in [0.2, 0.25) is 0 Å². The summed E-state index contributed by atoms with van der Waals surface area (Å²) < 4.78 is 25.4. The van der Waals surface area contributed by atoms with Gasteiger partial charge in [0.25, 0.3) is 0 Å². The maximum atomic E-state index is 11.7. The third-order valence-electron chi connectivity index (χ3n) is 4.39. The molecule has 0 saturated carbocycles. The van der Waals surface area contributed by atoms with Crippen molar-refractivity contribution in [2.24, 2.45) is 11.8 Å². The molecule has 0 bridgehead atoms. The largest absolute Gasteiger partial charge is 0.229 e. The average Bonchev–Trinajstić information content (AvgIpc) is 3.02. The molecule has 0 N–H and O–H groups in total. The molecule has 6 heteroatoms. The van der Waals surface area contributed by atoms with Crippen LogP contribution < -0.4 is 0 Å². The fraction of sp³-hybridized carbons (Fsp3) is 0.556. The molecule has 1 saturated heterocycles. The van der Waals surface area contributed by atoms with E-state index in [0.717, 1.165) is 30.2 Å². The standard InChI is InChI=1S/C18H25N3O2S/c1-13(2)10-17-19-18(11-15-8-9-24(22,23)12-15)21(20-17)16-6-4-14(3)5-7-16/h4-7,13,15H,8-12H2,1-3H3/t15-/m1/s1. The van der Waals surface area contributed by atoms with Gasteiger partial charge in [0.05, 0.1) is 17.2 Å². The smallest absolute Gasteiger partial charge is 0.151 e. The van der Waals surface area contributed by atoms with Crippen molar-refractivity contribution in [1.29, 1.82) is 0 Å². The van der Waals surface area contributed by atoms with Crippen LogP contribution in [0.1, 0.15) is 37.5 Å². The zero-order valence-electron chi connectivity index (χ0n) is 14.6. The van der Waals surface area contributed by atoms with Crippen LogP contribution in [0.25, 0.3) is 5.69 Å². The monoisotopic (exact) mass is 347 g/mol. The van der Waals surface area contributed by atoms with Gasteiger partial charge < -0.3 is 0 Å². The minimum absolute atomic E-state index is 0.148. The van der Waals surface area contributed by atoms with Crippen LogP contribution in [-0.2, 0) is 22.7 Å². The van der Waals surface area contributed by atoms with Crippen LogP contribution in [0.4, 0.5) is 0 Å². The van der Waals surface area contributed by atoms with E-state index in [9.17, 15) is 8.42 Å². The normalized spacial score (nSPS) is 19.9. The maximum absolute atomic E-state index is 11.7. The van der Waals surface area contributed by atoms with Crippen LogP contribution >= 0.6 is 0 Å². The zero-order valence-corrected chi connectivity index (χ0v) is 15.4. The lowest BCUT2D eigenvalue weighted by molar-refractivity contribution is 0.559. The number of aryl methyl sites for hydroxylation is 1. The third kappa shape index (κ3) is 4.04. The Hall–Kier alpha value is -1.69. The molecule has 1 aromatic carbocycles. The highest BCUT2D eigenvalue weighted by Gasteiger charge is 2.29. The van der Waals surface area contributed by atoms with Crippen molar-refractivity contribution in [3.63, 3.8) is 0 Å². The Morgan fingerprint density at radius 3 is 2.54 bits per heavy atom. The van der Waals surface area contributed by atoms with Crippen molar-refractivity contribution in [3.05, 3.63) is 41.5 Å². The molecule has 1 aliphatic heterocycles. The Bertz CT molecular complexity index is 807. The number of hydrogen-bond donors (Lipinski definition) is 0. The Balaban J connectivity index is 1.90. The van der Waals surface area contributed by atoms with Crippen molar-refractivity contribution in [1.82, 2.24) is 14.8 Å². The van der Waals surface area contributed by atoms with Gasteiger partial charge in [0.1, 0.15) is 5.82 Å². The van der Waals surface area contributed by atoms with E-state index in [-0.39, 0.29) is 11.7 Å². The number of aromatic nitrogens is 3. The van der Waals surface area contributed by atoms with Crippen LogP contribution in [0, 0.1) is 18.8 Å². The Labute approximate surface area is 144 Å². The van der Waals surface area contributed by atoms with Crippen LogP contribution in [0.3, 0.4) is 0 Å². The molecule has 1 aliphatic rings. The summed E-state index contributed by atoms with van der Waals surface area (Å²) in [4.78, 5) is 4.72. The van der Waals surface area contributed by atoms with E-state index in [4.69, 9.17) is 4.98 Å². The summed E-state index contributed by atoms with van der Waals surface area (Å²) in [5.41, 5.74) is 2.18. The second kappa shape index (κ2) is 6.67. The van der Waals surface area contributed by atoms with E-state index in [1.807, 2.05) is 16.8 Å². The van der Waals surface area contributed by atoms with Crippen LogP contribution in [0.15, 0.2) is 24.3 Å². The van der Waals surface area contributed by atoms with Crippen molar-refractivity contribution in [2.75, 3.05) is 11.5 Å². The van der Waals surface area contributed by atoms with Gasteiger partial charge in [0, 0.05) is 12.8 Å². The minimum Gasteiger partial charge on any atom is -0.229 e. The molecular weight excluding hydrogens is 322 g/mol.